The van der Waals surface area contributed by atoms with Crippen molar-refractivity contribution in [3.05, 3.63) is 118 Å². The van der Waals surface area contributed by atoms with E-state index in [4.69, 9.17) is 39.4 Å². The van der Waals surface area contributed by atoms with Crippen LogP contribution in [0.25, 0.3) is 0 Å². The maximum absolute atomic E-state index is 12.6. The minimum Gasteiger partial charge on any atom is -0.497 e. The number of aromatic nitrogens is 2. The SMILES string of the molecule is C1COCCN1.COc1ccc(C(OC[C@H]2O[C@@H](n3ccc(N)nc3=O)C[C@@H]2OCCC#N)(c2ccccc2)c2ccc(OC)cc2)cc1. The van der Waals surface area contributed by atoms with Crippen LogP contribution < -0.4 is 26.2 Å². The summed E-state index contributed by atoms with van der Waals surface area (Å²) in [4.78, 5) is 16.5. The molecule has 0 spiro atoms. The van der Waals surface area contributed by atoms with E-state index < -0.39 is 29.7 Å². The minimum absolute atomic E-state index is 0.109. The first-order valence-electron chi connectivity index (χ1n) is 16.2. The lowest BCUT2D eigenvalue weighted by molar-refractivity contribution is -0.104. The molecule has 3 N–H and O–H groups in total. The maximum Gasteiger partial charge on any atom is 0.351 e. The molecule has 4 aromatic rings. The second kappa shape index (κ2) is 17.6. The van der Waals surface area contributed by atoms with Crippen molar-refractivity contribution in [2.24, 2.45) is 0 Å². The lowest BCUT2D eigenvalue weighted by Crippen LogP contribution is -2.38. The number of benzene rings is 3. The van der Waals surface area contributed by atoms with Crippen LogP contribution in [0.5, 0.6) is 11.5 Å². The van der Waals surface area contributed by atoms with Crippen molar-refractivity contribution in [3.63, 3.8) is 0 Å². The molecule has 0 bridgehead atoms. The van der Waals surface area contributed by atoms with Gasteiger partial charge >= 0.3 is 5.69 Å². The lowest BCUT2D eigenvalue weighted by Gasteiger charge is -2.37. The first kappa shape index (κ1) is 35.5. The number of methoxy groups -OCH3 is 2. The van der Waals surface area contributed by atoms with Crippen LogP contribution in [0.3, 0.4) is 0 Å². The molecule has 0 amide bonds. The number of rotatable bonds is 12. The smallest absolute Gasteiger partial charge is 0.351 e. The molecule has 1 aromatic heterocycles. The molecule has 0 saturated carbocycles. The zero-order chi connectivity index (χ0) is 34.5. The Morgan fingerprint density at radius 2 is 1.55 bits per heavy atom. The fourth-order valence-corrected chi connectivity index (χ4v) is 5.89. The van der Waals surface area contributed by atoms with Gasteiger partial charge in [0.2, 0.25) is 0 Å². The molecule has 6 rings (SSSR count). The van der Waals surface area contributed by atoms with Crippen molar-refractivity contribution in [3.8, 4) is 17.6 Å². The van der Waals surface area contributed by atoms with E-state index in [0.717, 1.165) is 54.5 Å². The molecular weight excluding hydrogens is 626 g/mol. The van der Waals surface area contributed by atoms with Gasteiger partial charge in [0.1, 0.15) is 35.2 Å². The Kier molecular flexibility index (Phi) is 12.7. The van der Waals surface area contributed by atoms with Crippen molar-refractivity contribution in [2.75, 3.05) is 59.5 Å². The number of nitrogens with zero attached hydrogens (tertiary/aromatic N) is 3. The Labute approximate surface area is 286 Å². The van der Waals surface area contributed by atoms with Crippen LogP contribution in [-0.2, 0) is 24.5 Å². The zero-order valence-corrected chi connectivity index (χ0v) is 27.8. The monoisotopic (exact) mass is 669 g/mol. The summed E-state index contributed by atoms with van der Waals surface area (Å²) >= 11 is 0. The Balaban J connectivity index is 0.000000704. The van der Waals surface area contributed by atoms with Crippen molar-refractivity contribution in [1.29, 1.82) is 5.26 Å². The Hall–Kier alpha value is -4.77. The molecule has 49 heavy (non-hydrogen) atoms. The number of nitriles is 1. The molecule has 3 atom stereocenters. The van der Waals surface area contributed by atoms with Gasteiger partial charge in [0.05, 0.1) is 59.2 Å². The normalized spacial score (nSPS) is 18.9. The van der Waals surface area contributed by atoms with Gasteiger partial charge in [-0.1, -0.05) is 54.6 Å². The predicted octanol–water partition coefficient (Wildman–Crippen LogP) is 4.04. The quantitative estimate of drug-likeness (QED) is 0.166. The second-order valence-electron chi connectivity index (χ2n) is 11.4. The summed E-state index contributed by atoms with van der Waals surface area (Å²) in [7, 11) is 3.25. The van der Waals surface area contributed by atoms with E-state index in [9.17, 15) is 4.79 Å². The van der Waals surface area contributed by atoms with Crippen molar-refractivity contribution >= 4 is 5.82 Å². The zero-order valence-electron chi connectivity index (χ0n) is 27.8. The van der Waals surface area contributed by atoms with E-state index in [0.29, 0.717) is 6.42 Å². The van der Waals surface area contributed by atoms with Gasteiger partial charge in [-0.05, 0) is 47.0 Å². The topological polar surface area (TPSA) is 152 Å². The molecule has 0 radical (unpaired) electrons. The standard InChI is InChI=1S/C33H34N4O6.C4H9NO/c1-39-26-13-9-24(10-14-26)33(23-7-4-3-5-8-23,25-11-15-27(40-2)16-12-25)42-22-29-28(41-20-6-18-34)21-31(43-29)37-19-17-30(35)36-32(37)38;1-3-6-4-2-5-1/h3-5,7-17,19,28-29,31H,6,20-22H2,1-2H3,(H2,35,36,38);5H,1-4H2/t28-,29+,31+;/m0./s1. The third-order valence-electron chi connectivity index (χ3n) is 8.37. The van der Waals surface area contributed by atoms with Gasteiger partial charge in [0.15, 0.2) is 0 Å². The Morgan fingerprint density at radius 1 is 0.939 bits per heavy atom. The Morgan fingerprint density at radius 3 is 2.06 bits per heavy atom. The third kappa shape index (κ3) is 8.83. The van der Waals surface area contributed by atoms with Gasteiger partial charge in [0.25, 0.3) is 0 Å². The fraction of sp³-hybridized carbons (Fsp3) is 0.378. The van der Waals surface area contributed by atoms with E-state index in [1.54, 1.807) is 26.5 Å². The highest BCUT2D eigenvalue weighted by Crippen LogP contribution is 2.43. The molecule has 2 aliphatic rings. The number of hydrogen-bond donors (Lipinski definition) is 2. The molecular formula is C37H43N5O7. The molecule has 3 aromatic carbocycles. The number of nitrogens with two attached hydrogens (primary N) is 1. The number of nitrogens with one attached hydrogen (secondary N) is 1. The third-order valence-corrected chi connectivity index (χ3v) is 8.37. The number of hydrogen-bond acceptors (Lipinski definition) is 11. The van der Waals surface area contributed by atoms with Gasteiger partial charge in [0, 0.05) is 25.7 Å². The summed E-state index contributed by atoms with van der Waals surface area (Å²) in [6.45, 7) is 4.17. The summed E-state index contributed by atoms with van der Waals surface area (Å²) in [6.07, 6.45) is 0.511. The van der Waals surface area contributed by atoms with Gasteiger partial charge in [-0.25, -0.2) is 4.79 Å². The molecule has 258 valence electrons. The molecule has 0 aliphatic carbocycles. The predicted molar refractivity (Wildman–Crippen MR) is 183 cm³/mol. The largest absolute Gasteiger partial charge is 0.497 e. The highest BCUT2D eigenvalue weighted by molar-refractivity contribution is 5.49. The molecule has 12 heteroatoms. The number of nitrogen functional groups attached to an aromatic ring is 1. The number of anilines is 1. The van der Waals surface area contributed by atoms with E-state index in [1.165, 1.54) is 4.57 Å². The molecule has 2 fully saturated rings. The van der Waals surface area contributed by atoms with Crippen LogP contribution in [0, 0.1) is 11.3 Å². The summed E-state index contributed by atoms with van der Waals surface area (Å²) in [5, 5.41) is 12.3. The molecule has 3 heterocycles. The maximum atomic E-state index is 12.6. The lowest BCUT2D eigenvalue weighted by atomic mass is 9.80. The summed E-state index contributed by atoms with van der Waals surface area (Å²) < 4.78 is 36.8. The number of morpholine rings is 1. The van der Waals surface area contributed by atoms with Crippen LogP contribution in [0.4, 0.5) is 5.82 Å². The van der Waals surface area contributed by atoms with Crippen LogP contribution in [0.15, 0.2) is 95.9 Å². The highest BCUT2D eigenvalue weighted by atomic mass is 16.6. The second-order valence-corrected chi connectivity index (χ2v) is 11.4. The van der Waals surface area contributed by atoms with Crippen molar-refractivity contribution in [2.45, 2.75) is 36.9 Å². The van der Waals surface area contributed by atoms with Crippen LogP contribution in [0.2, 0.25) is 0 Å². The summed E-state index contributed by atoms with van der Waals surface area (Å²) in [6, 6.07) is 29.1. The molecule has 12 nitrogen and oxygen atoms in total. The van der Waals surface area contributed by atoms with Crippen LogP contribution in [-0.4, -0.2) is 75.5 Å². The molecule has 0 unspecified atom stereocenters. The van der Waals surface area contributed by atoms with E-state index in [1.807, 2.05) is 78.9 Å². The minimum atomic E-state index is -1.06. The van der Waals surface area contributed by atoms with Gasteiger partial charge < -0.3 is 39.5 Å². The van der Waals surface area contributed by atoms with Crippen LogP contribution in [0.1, 0.15) is 35.8 Å². The average molecular weight is 670 g/mol. The van der Waals surface area contributed by atoms with Gasteiger partial charge in [-0.2, -0.15) is 10.2 Å². The molecule has 2 aliphatic heterocycles. The van der Waals surface area contributed by atoms with E-state index >= 15 is 0 Å². The average Bonchev–Trinajstić information content (AvgIpc) is 3.56. The molecule has 2 saturated heterocycles. The van der Waals surface area contributed by atoms with Crippen molar-refractivity contribution < 1.29 is 28.4 Å². The van der Waals surface area contributed by atoms with Gasteiger partial charge in [-0.3, -0.25) is 4.57 Å². The first-order valence-corrected chi connectivity index (χ1v) is 16.2. The van der Waals surface area contributed by atoms with Crippen LogP contribution >= 0.6 is 0 Å². The van der Waals surface area contributed by atoms with Gasteiger partial charge in [-0.15, -0.1) is 0 Å². The fourth-order valence-electron chi connectivity index (χ4n) is 5.89. The summed E-state index contributed by atoms with van der Waals surface area (Å²) in [5.74, 6) is 1.57. The van der Waals surface area contributed by atoms with E-state index in [-0.39, 0.29) is 25.5 Å². The highest BCUT2D eigenvalue weighted by Gasteiger charge is 2.43. The first-order chi connectivity index (χ1) is 24.0. The summed E-state index contributed by atoms with van der Waals surface area (Å²) in [5.41, 5.74) is 6.78. The number of ether oxygens (including phenoxy) is 6. The van der Waals surface area contributed by atoms with Crippen molar-refractivity contribution in [1.82, 2.24) is 14.9 Å². The Bertz CT molecular complexity index is 1630. The van der Waals surface area contributed by atoms with E-state index in [2.05, 4.69) is 16.4 Å².